The summed E-state index contributed by atoms with van der Waals surface area (Å²) in [6.07, 6.45) is 5.11. The number of aryl methyl sites for hydroxylation is 2. The molecule has 1 saturated heterocycles. The smallest absolute Gasteiger partial charge is 0.211 e. The van der Waals surface area contributed by atoms with Crippen molar-refractivity contribution in [2.75, 3.05) is 24.7 Å². The van der Waals surface area contributed by atoms with Crippen molar-refractivity contribution in [1.82, 2.24) is 19.1 Å². The van der Waals surface area contributed by atoms with Gasteiger partial charge in [-0.25, -0.2) is 18.1 Å². The van der Waals surface area contributed by atoms with Crippen LogP contribution in [-0.4, -0.2) is 52.9 Å². The topological polar surface area (TPSA) is 80.1 Å². The molecule has 0 aromatic carbocycles. The van der Waals surface area contributed by atoms with Crippen molar-refractivity contribution in [3.05, 3.63) is 5.69 Å². The summed E-state index contributed by atoms with van der Waals surface area (Å²) < 4.78 is 28.3. The second-order valence-corrected chi connectivity index (χ2v) is 9.05. The lowest BCUT2D eigenvalue weighted by molar-refractivity contribution is 0.246. The van der Waals surface area contributed by atoms with Gasteiger partial charge in [-0.05, 0) is 26.2 Å². The summed E-state index contributed by atoms with van der Waals surface area (Å²) in [5, 5.41) is 8.56. The van der Waals surface area contributed by atoms with E-state index in [1.165, 1.54) is 6.26 Å². The molecule has 7 nitrogen and oxygen atoms in total. The van der Waals surface area contributed by atoms with E-state index in [4.69, 9.17) is 0 Å². The Morgan fingerprint density at radius 1 is 1.39 bits per heavy atom. The predicted octanol–water partition coefficient (Wildman–Crippen LogP) is 1.95. The average molecular weight is 358 g/mol. The molecule has 3 rings (SSSR count). The Bertz CT molecular complexity index is 761. The quantitative estimate of drug-likeness (QED) is 0.885. The van der Waals surface area contributed by atoms with Crippen LogP contribution in [-0.2, 0) is 17.1 Å². The Labute approximate surface area is 140 Å². The van der Waals surface area contributed by atoms with E-state index in [0.717, 1.165) is 53.4 Å². The van der Waals surface area contributed by atoms with Crippen LogP contribution in [0.4, 0.5) is 5.13 Å². The summed E-state index contributed by atoms with van der Waals surface area (Å²) >= 11 is 1.60. The number of anilines is 1. The molecule has 128 valence electrons. The van der Waals surface area contributed by atoms with E-state index in [9.17, 15) is 8.42 Å². The third kappa shape index (κ3) is 3.51. The van der Waals surface area contributed by atoms with Crippen LogP contribution in [0.1, 0.15) is 31.4 Å². The number of sulfonamides is 1. The normalized spacial score (nSPS) is 20.2. The zero-order valence-corrected chi connectivity index (χ0v) is 15.4. The van der Waals surface area contributed by atoms with Gasteiger partial charge in [0.05, 0.1) is 16.6 Å². The number of thiazole rings is 1. The third-order valence-electron chi connectivity index (χ3n) is 4.30. The maximum Gasteiger partial charge on any atom is 0.211 e. The Kier molecular flexibility index (Phi) is 4.61. The Morgan fingerprint density at radius 2 is 2.17 bits per heavy atom. The summed E-state index contributed by atoms with van der Waals surface area (Å²) in [6, 6.07) is 0.101. The van der Waals surface area contributed by atoms with Crippen molar-refractivity contribution < 1.29 is 8.42 Å². The van der Waals surface area contributed by atoms with Crippen LogP contribution < -0.4 is 5.32 Å². The molecule has 23 heavy (non-hydrogen) atoms. The molecule has 0 spiro atoms. The van der Waals surface area contributed by atoms with Crippen LogP contribution in [0.5, 0.6) is 0 Å². The second kappa shape index (κ2) is 6.37. The molecular weight excluding hydrogens is 334 g/mol. The highest BCUT2D eigenvalue weighted by molar-refractivity contribution is 7.88. The van der Waals surface area contributed by atoms with Crippen molar-refractivity contribution in [1.29, 1.82) is 0 Å². The minimum absolute atomic E-state index is 0.101. The van der Waals surface area contributed by atoms with Gasteiger partial charge in [0.15, 0.2) is 10.8 Å². The average Bonchev–Trinajstić information content (AvgIpc) is 3.01. The van der Waals surface area contributed by atoms with Gasteiger partial charge < -0.3 is 5.32 Å². The first-order valence-electron chi connectivity index (χ1n) is 7.87. The number of nitrogens with one attached hydrogen (secondary N) is 1. The van der Waals surface area contributed by atoms with Crippen LogP contribution in [0.3, 0.4) is 0 Å². The maximum absolute atomic E-state index is 11.9. The number of hydrogen-bond acceptors (Lipinski definition) is 6. The Balaban J connectivity index is 1.62. The molecule has 0 radical (unpaired) electrons. The zero-order chi connectivity index (χ0) is 16.6. The first kappa shape index (κ1) is 16.7. The molecule has 9 heteroatoms. The molecular formula is C14H23N5O2S2. The summed E-state index contributed by atoms with van der Waals surface area (Å²) in [6.45, 7) is 3.36. The molecule has 0 saturated carbocycles. The molecule has 0 bridgehead atoms. The van der Waals surface area contributed by atoms with Gasteiger partial charge in [-0.3, -0.25) is 0 Å². The standard InChI is InChI=1S/C14H23N5O2S2/c1-10-12-13(18(2)17-10)16-14(22-12)15-8-7-11-6-4-5-9-19(11)23(3,20)21/h11H,4-9H2,1-3H3,(H,15,16). The van der Waals surface area contributed by atoms with Gasteiger partial charge in [-0.1, -0.05) is 17.8 Å². The van der Waals surface area contributed by atoms with E-state index in [1.54, 1.807) is 20.3 Å². The molecule has 2 aromatic rings. The van der Waals surface area contributed by atoms with Crippen molar-refractivity contribution in [2.24, 2.45) is 7.05 Å². The number of fused-ring (bicyclic) bond motifs is 1. The maximum atomic E-state index is 11.9. The van der Waals surface area contributed by atoms with Crippen molar-refractivity contribution in [2.45, 2.75) is 38.6 Å². The highest BCUT2D eigenvalue weighted by Crippen LogP contribution is 2.28. The SMILES string of the molecule is Cc1nn(C)c2nc(NCCC3CCCCN3S(C)(=O)=O)sc12. The van der Waals surface area contributed by atoms with Gasteiger partial charge >= 0.3 is 0 Å². The first-order valence-corrected chi connectivity index (χ1v) is 10.5. The minimum atomic E-state index is -3.11. The van der Waals surface area contributed by atoms with Crippen molar-refractivity contribution in [3.8, 4) is 0 Å². The Hall–Kier alpha value is -1.19. The molecule has 1 fully saturated rings. The molecule has 0 aliphatic carbocycles. The predicted molar refractivity (Wildman–Crippen MR) is 93.4 cm³/mol. The molecule has 3 heterocycles. The number of nitrogens with zero attached hydrogens (tertiary/aromatic N) is 4. The molecule has 1 unspecified atom stereocenters. The summed E-state index contributed by atoms with van der Waals surface area (Å²) in [7, 11) is -1.22. The molecule has 1 atom stereocenters. The summed E-state index contributed by atoms with van der Waals surface area (Å²) in [5.74, 6) is 0. The molecule has 2 aromatic heterocycles. The number of rotatable bonds is 5. The second-order valence-electron chi connectivity index (χ2n) is 6.12. The van der Waals surface area contributed by atoms with Crippen LogP contribution in [0.25, 0.3) is 10.3 Å². The van der Waals surface area contributed by atoms with E-state index in [-0.39, 0.29) is 6.04 Å². The first-order chi connectivity index (χ1) is 10.9. The van der Waals surface area contributed by atoms with Gasteiger partial charge in [-0.15, -0.1) is 0 Å². The molecule has 1 aliphatic heterocycles. The highest BCUT2D eigenvalue weighted by atomic mass is 32.2. The number of piperidine rings is 1. The van der Waals surface area contributed by atoms with Crippen molar-refractivity contribution in [3.63, 3.8) is 0 Å². The van der Waals surface area contributed by atoms with E-state index in [0.29, 0.717) is 6.54 Å². The van der Waals surface area contributed by atoms with E-state index in [2.05, 4.69) is 15.4 Å². The fourth-order valence-electron chi connectivity index (χ4n) is 3.21. The number of hydrogen-bond donors (Lipinski definition) is 1. The summed E-state index contributed by atoms with van der Waals surface area (Å²) in [4.78, 5) is 4.56. The molecule has 0 amide bonds. The third-order valence-corrected chi connectivity index (χ3v) is 6.74. The lowest BCUT2D eigenvalue weighted by atomic mass is 10.0. The fraction of sp³-hybridized carbons (Fsp3) is 0.714. The van der Waals surface area contributed by atoms with Crippen LogP contribution in [0, 0.1) is 6.92 Å². The van der Waals surface area contributed by atoms with Gasteiger partial charge in [0.1, 0.15) is 0 Å². The fourth-order valence-corrected chi connectivity index (χ4v) is 5.38. The van der Waals surface area contributed by atoms with E-state index < -0.39 is 10.0 Å². The van der Waals surface area contributed by atoms with E-state index >= 15 is 0 Å². The van der Waals surface area contributed by atoms with Gasteiger partial charge in [0.2, 0.25) is 10.0 Å². The van der Waals surface area contributed by atoms with Gasteiger partial charge in [-0.2, -0.15) is 9.40 Å². The number of aromatic nitrogens is 3. The van der Waals surface area contributed by atoms with Crippen LogP contribution in [0.15, 0.2) is 0 Å². The highest BCUT2D eigenvalue weighted by Gasteiger charge is 2.28. The molecule has 1 N–H and O–H groups in total. The van der Waals surface area contributed by atoms with E-state index in [1.807, 2.05) is 14.0 Å². The Morgan fingerprint density at radius 3 is 2.87 bits per heavy atom. The molecule has 1 aliphatic rings. The summed E-state index contributed by atoms with van der Waals surface area (Å²) in [5.41, 5.74) is 1.88. The largest absolute Gasteiger partial charge is 0.361 e. The van der Waals surface area contributed by atoms with Gasteiger partial charge in [0.25, 0.3) is 0 Å². The lowest BCUT2D eigenvalue weighted by Gasteiger charge is -2.33. The minimum Gasteiger partial charge on any atom is -0.361 e. The van der Waals surface area contributed by atoms with Crippen LogP contribution in [0.2, 0.25) is 0 Å². The monoisotopic (exact) mass is 357 g/mol. The van der Waals surface area contributed by atoms with Crippen LogP contribution >= 0.6 is 11.3 Å². The lowest BCUT2D eigenvalue weighted by Crippen LogP contribution is -2.43. The van der Waals surface area contributed by atoms with Gasteiger partial charge in [0, 0.05) is 26.2 Å². The zero-order valence-electron chi connectivity index (χ0n) is 13.7. The van der Waals surface area contributed by atoms with Crippen molar-refractivity contribution >= 4 is 36.8 Å².